The Hall–Kier alpha value is -1.34. The molecule has 118 valence electrons. The van der Waals surface area contributed by atoms with Gasteiger partial charge in [0.15, 0.2) is 4.98 Å². The number of hydrogen-bond acceptors (Lipinski definition) is 3. The molecule has 0 saturated carbocycles. The van der Waals surface area contributed by atoms with Crippen molar-refractivity contribution in [2.24, 2.45) is 0 Å². The van der Waals surface area contributed by atoms with Crippen molar-refractivity contribution in [1.82, 2.24) is 0 Å². The Labute approximate surface area is 162 Å². The number of anilines is 1. The SMILES string of the molecule is CCOc1cc(N(C)Cc2ccccc2)ccc1[N+]#N.[Cl-].[Cl-].[Zn+2]. The molecular weight excluding hydrogens is 386 g/mol. The van der Waals surface area contributed by atoms with E-state index in [-0.39, 0.29) is 44.3 Å². The van der Waals surface area contributed by atoms with Crippen LogP contribution >= 0.6 is 0 Å². The molecule has 0 amide bonds. The number of ether oxygens (including phenoxy) is 1. The molecule has 7 heteroatoms. The van der Waals surface area contributed by atoms with Crippen molar-refractivity contribution in [3.63, 3.8) is 0 Å². The average molecular weight is 405 g/mol. The molecule has 2 rings (SSSR count). The van der Waals surface area contributed by atoms with Crippen LogP contribution in [-0.2, 0) is 26.0 Å². The van der Waals surface area contributed by atoms with Crippen molar-refractivity contribution in [2.45, 2.75) is 13.5 Å². The number of benzene rings is 2. The van der Waals surface area contributed by atoms with E-state index in [0.29, 0.717) is 18.0 Å². The molecule has 0 bridgehead atoms. The topological polar surface area (TPSA) is 40.6 Å². The predicted octanol–water partition coefficient (Wildman–Crippen LogP) is -1.79. The van der Waals surface area contributed by atoms with E-state index in [1.807, 2.05) is 44.3 Å². The third-order valence-corrected chi connectivity index (χ3v) is 3.05. The Morgan fingerprint density at radius 2 is 1.74 bits per heavy atom. The molecule has 0 aliphatic rings. The minimum absolute atomic E-state index is 0. The van der Waals surface area contributed by atoms with Crippen LogP contribution in [0, 0.1) is 5.39 Å². The molecule has 0 radical (unpaired) electrons. The molecule has 0 aliphatic carbocycles. The van der Waals surface area contributed by atoms with Crippen molar-refractivity contribution < 1.29 is 49.0 Å². The van der Waals surface area contributed by atoms with E-state index in [4.69, 9.17) is 10.1 Å². The molecule has 2 aromatic rings. The number of hydrogen-bond donors (Lipinski definition) is 0. The smallest absolute Gasteiger partial charge is 1.00 e. The van der Waals surface area contributed by atoms with Gasteiger partial charge in [0.25, 0.3) is 0 Å². The maximum atomic E-state index is 8.94. The van der Waals surface area contributed by atoms with Crippen LogP contribution in [0.25, 0.3) is 4.98 Å². The summed E-state index contributed by atoms with van der Waals surface area (Å²) in [6, 6.07) is 15.8. The fourth-order valence-electron chi connectivity index (χ4n) is 2.04. The summed E-state index contributed by atoms with van der Waals surface area (Å²) in [6.45, 7) is 3.25. The third kappa shape index (κ3) is 6.75. The van der Waals surface area contributed by atoms with E-state index in [1.54, 1.807) is 6.07 Å². The van der Waals surface area contributed by atoms with Crippen LogP contribution in [0.15, 0.2) is 48.5 Å². The maximum absolute atomic E-state index is 8.94. The molecule has 23 heavy (non-hydrogen) atoms. The second-order valence-electron chi connectivity index (χ2n) is 4.53. The Balaban J connectivity index is 0. The summed E-state index contributed by atoms with van der Waals surface area (Å²) in [6.07, 6.45) is 0. The molecule has 0 atom stereocenters. The summed E-state index contributed by atoms with van der Waals surface area (Å²) < 4.78 is 5.49. The van der Waals surface area contributed by atoms with Crippen LogP contribution in [-0.4, -0.2) is 13.7 Å². The molecule has 0 aliphatic heterocycles. The Bertz CT molecular complexity index is 620. The van der Waals surface area contributed by atoms with Crippen molar-refractivity contribution in [3.05, 3.63) is 59.1 Å². The molecule has 0 saturated heterocycles. The van der Waals surface area contributed by atoms with Gasteiger partial charge in [-0.05, 0) is 18.6 Å². The van der Waals surface area contributed by atoms with Gasteiger partial charge in [0.05, 0.1) is 6.61 Å². The van der Waals surface area contributed by atoms with Crippen LogP contribution in [0.1, 0.15) is 12.5 Å². The first-order valence-electron chi connectivity index (χ1n) is 6.61. The number of diazo groups is 1. The van der Waals surface area contributed by atoms with Gasteiger partial charge in [-0.15, -0.1) is 0 Å². The number of rotatable bonds is 5. The number of halogens is 2. The summed E-state index contributed by atoms with van der Waals surface area (Å²) >= 11 is 0. The van der Waals surface area contributed by atoms with Gasteiger partial charge < -0.3 is 34.5 Å². The zero-order chi connectivity index (χ0) is 14.4. The summed E-state index contributed by atoms with van der Waals surface area (Å²) in [5.74, 6) is 0.590. The van der Waals surface area contributed by atoms with Crippen molar-refractivity contribution in [1.29, 1.82) is 5.39 Å². The largest absolute Gasteiger partial charge is 2.00 e. The Morgan fingerprint density at radius 3 is 2.30 bits per heavy atom. The monoisotopic (exact) mass is 402 g/mol. The maximum Gasteiger partial charge on any atom is 2.00 e. The van der Waals surface area contributed by atoms with Crippen molar-refractivity contribution >= 4 is 11.4 Å². The van der Waals surface area contributed by atoms with Gasteiger partial charge >= 0.3 is 25.2 Å². The van der Waals surface area contributed by atoms with Crippen LogP contribution in [0.2, 0.25) is 0 Å². The molecule has 0 unspecified atom stereocenters. The first-order valence-corrected chi connectivity index (χ1v) is 6.61. The van der Waals surface area contributed by atoms with Gasteiger partial charge in [-0.3, -0.25) is 0 Å². The Kier molecular flexibility index (Phi) is 12.6. The zero-order valence-corrected chi connectivity index (χ0v) is 17.7. The average Bonchev–Trinajstić information content (AvgIpc) is 2.48. The van der Waals surface area contributed by atoms with E-state index < -0.39 is 0 Å². The van der Waals surface area contributed by atoms with Gasteiger partial charge in [0.1, 0.15) is 0 Å². The summed E-state index contributed by atoms with van der Waals surface area (Å²) in [7, 11) is 2.02. The normalized spacial score (nSPS) is 8.57. The second kappa shape index (κ2) is 12.1. The van der Waals surface area contributed by atoms with Crippen LogP contribution in [0.4, 0.5) is 11.4 Å². The van der Waals surface area contributed by atoms with E-state index in [1.165, 1.54) is 5.56 Å². The minimum atomic E-state index is 0. The second-order valence-corrected chi connectivity index (χ2v) is 4.53. The van der Waals surface area contributed by atoms with Crippen LogP contribution in [0.5, 0.6) is 5.75 Å². The van der Waals surface area contributed by atoms with E-state index in [0.717, 1.165) is 12.2 Å². The first kappa shape index (κ1) is 23.9. The van der Waals surface area contributed by atoms with Crippen LogP contribution < -0.4 is 34.5 Å². The van der Waals surface area contributed by atoms with Gasteiger partial charge in [0.2, 0.25) is 11.1 Å². The molecular formula is C16H18Cl2N3OZn+. The third-order valence-electron chi connectivity index (χ3n) is 3.05. The summed E-state index contributed by atoms with van der Waals surface area (Å²) in [5.41, 5.74) is 2.71. The standard InChI is InChI=1S/C16H18N3O.2ClH.Zn/c1-3-20-16-11-14(9-10-15(16)18-17)19(2)12-13-7-5-4-6-8-13;;;/h4-11H,3,12H2,1-2H3;2*1H;/q+1;;;+2/p-2. The van der Waals surface area contributed by atoms with E-state index in [2.05, 4.69) is 22.0 Å². The number of nitrogens with zero attached hydrogens (tertiary/aromatic N) is 3. The molecule has 2 aromatic carbocycles. The predicted molar refractivity (Wildman–Crippen MR) is 80.9 cm³/mol. The Morgan fingerprint density at radius 1 is 1.09 bits per heavy atom. The van der Waals surface area contributed by atoms with E-state index >= 15 is 0 Å². The molecule has 0 spiro atoms. The molecule has 0 heterocycles. The van der Waals surface area contributed by atoms with Gasteiger partial charge in [-0.25, -0.2) is 0 Å². The fourth-order valence-corrected chi connectivity index (χ4v) is 2.04. The molecule has 4 nitrogen and oxygen atoms in total. The van der Waals surface area contributed by atoms with Gasteiger partial charge in [-0.1, -0.05) is 30.3 Å². The molecule has 0 aromatic heterocycles. The summed E-state index contributed by atoms with van der Waals surface area (Å²) in [5, 5.41) is 8.94. The molecule has 0 fully saturated rings. The van der Waals surface area contributed by atoms with Crippen molar-refractivity contribution in [2.75, 3.05) is 18.6 Å². The molecule has 0 N–H and O–H groups in total. The fraction of sp³-hybridized carbons (Fsp3) is 0.250. The zero-order valence-electron chi connectivity index (χ0n) is 13.2. The first-order chi connectivity index (χ1) is 9.74. The van der Waals surface area contributed by atoms with Crippen LogP contribution in [0.3, 0.4) is 0 Å². The van der Waals surface area contributed by atoms with Gasteiger partial charge in [0, 0.05) is 31.4 Å². The quantitative estimate of drug-likeness (QED) is 0.437. The van der Waals surface area contributed by atoms with Crippen molar-refractivity contribution in [3.8, 4) is 5.75 Å². The van der Waals surface area contributed by atoms with Gasteiger partial charge in [-0.2, -0.15) is 0 Å². The van der Waals surface area contributed by atoms with E-state index in [9.17, 15) is 0 Å². The minimum Gasteiger partial charge on any atom is -1.00 e. The summed E-state index contributed by atoms with van der Waals surface area (Å²) in [4.78, 5) is 5.35.